The van der Waals surface area contributed by atoms with Crippen molar-refractivity contribution < 1.29 is 13.9 Å². The number of carbonyl (C=O) groups excluding carboxylic acids is 1. The largest absolute Gasteiger partial charge is 0.489 e. The minimum Gasteiger partial charge on any atom is -0.489 e. The lowest BCUT2D eigenvalue weighted by atomic mass is 10.1. The van der Waals surface area contributed by atoms with Crippen LogP contribution in [0.1, 0.15) is 16.1 Å². The van der Waals surface area contributed by atoms with E-state index in [1.165, 1.54) is 12.6 Å². The fourth-order valence-electron chi connectivity index (χ4n) is 3.34. The molecule has 0 radical (unpaired) electrons. The van der Waals surface area contributed by atoms with Gasteiger partial charge in [-0.3, -0.25) is 9.78 Å². The number of hydrogen-bond donors (Lipinski definition) is 1. The molecule has 156 valence electrons. The van der Waals surface area contributed by atoms with Gasteiger partial charge in [-0.05, 0) is 42.0 Å². The van der Waals surface area contributed by atoms with E-state index >= 15 is 0 Å². The summed E-state index contributed by atoms with van der Waals surface area (Å²) in [5.74, 6) is 1.64. The average molecular weight is 422 g/mol. The SMILES string of the molecule is O=Cc1occc1-c1cc2c(Nc3ccc(OCc4ccccc4)cc3)ncnc2cn1. The van der Waals surface area contributed by atoms with Crippen LogP contribution in [0.2, 0.25) is 0 Å². The molecule has 5 rings (SSSR count). The molecule has 0 aliphatic heterocycles. The number of aromatic nitrogens is 3. The molecule has 7 heteroatoms. The Kier molecular flexibility index (Phi) is 5.28. The van der Waals surface area contributed by atoms with Gasteiger partial charge in [0.1, 0.15) is 24.5 Å². The standard InChI is InChI=1S/C25H18N4O3/c30-14-24-20(10-11-31-24)22-12-21-23(13-26-22)27-16-28-25(21)29-18-6-8-19(9-7-18)32-15-17-4-2-1-3-5-17/h1-14,16H,15H2,(H,27,28,29). The second-order valence-corrected chi connectivity index (χ2v) is 7.05. The minimum atomic E-state index is 0.231. The summed E-state index contributed by atoms with van der Waals surface area (Å²) in [5.41, 5.74) is 3.88. The lowest BCUT2D eigenvalue weighted by molar-refractivity contribution is 0.110. The summed E-state index contributed by atoms with van der Waals surface area (Å²) in [5, 5.41) is 4.10. The Morgan fingerprint density at radius 1 is 0.969 bits per heavy atom. The third kappa shape index (κ3) is 4.04. The normalized spacial score (nSPS) is 10.8. The number of anilines is 2. The van der Waals surface area contributed by atoms with E-state index < -0.39 is 0 Å². The number of benzene rings is 2. The molecule has 0 saturated carbocycles. The van der Waals surface area contributed by atoms with E-state index in [1.807, 2.05) is 60.7 Å². The number of rotatable bonds is 7. The quantitative estimate of drug-likeness (QED) is 0.350. The van der Waals surface area contributed by atoms with Crippen LogP contribution in [0, 0.1) is 0 Å². The molecular formula is C25H18N4O3. The summed E-state index contributed by atoms with van der Waals surface area (Å²) in [7, 11) is 0. The van der Waals surface area contributed by atoms with Gasteiger partial charge in [0.15, 0.2) is 12.0 Å². The Morgan fingerprint density at radius 3 is 2.62 bits per heavy atom. The fraction of sp³-hybridized carbons (Fsp3) is 0.0400. The second kappa shape index (κ2) is 8.69. The maximum absolute atomic E-state index is 11.2. The summed E-state index contributed by atoms with van der Waals surface area (Å²) < 4.78 is 11.0. The number of furan rings is 1. The van der Waals surface area contributed by atoms with Crippen molar-refractivity contribution in [3.05, 3.63) is 96.8 Å². The van der Waals surface area contributed by atoms with Gasteiger partial charge in [0.2, 0.25) is 0 Å². The molecule has 0 atom stereocenters. The van der Waals surface area contributed by atoms with Gasteiger partial charge >= 0.3 is 0 Å². The molecule has 0 saturated heterocycles. The minimum absolute atomic E-state index is 0.231. The Morgan fingerprint density at radius 2 is 1.81 bits per heavy atom. The van der Waals surface area contributed by atoms with Crippen LogP contribution in [0.3, 0.4) is 0 Å². The van der Waals surface area contributed by atoms with Crippen LogP contribution in [0.15, 0.2) is 89.9 Å². The highest BCUT2D eigenvalue weighted by atomic mass is 16.5. The summed E-state index contributed by atoms with van der Waals surface area (Å²) in [6.45, 7) is 0.511. The molecule has 0 unspecified atom stereocenters. The van der Waals surface area contributed by atoms with Gasteiger partial charge < -0.3 is 14.5 Å². The summed E-state index contributed by atoms with van der Waals surface area (Å²) in [4.78, 5) is 24.3. The van der Waals surface area contributed by atoms with Crippen LogP contribution < -0.4 is 10.1 Å². The first-order valence-corrected chi connectivity index (χ1v) is 9.98. The first-order chi connectivity index (χ1) is 15.8. The fourth-order valence-corrected chi connectivity index (χ4v) is 3.34. The van der Waals surface area contributed by atoms with Gasteiger partial charge in [-0.1, -0.05) is 30.3 Å². The number of nitrogens with zero attached hydrogens (tertiary/aromatic N) is 3. The van der Waals surface area contributed by atoms with E-state index in [-0.39, 0.29) is 5.76 Å². The van der Waals surface area contributed by atoms with Crippen molar-refractivity contribution in [2.75, 3.05) is 5.32 Å². The number of carbonyl (C=O) groups is 1. The average Bonchev–Trinajstić information content (AvgIpc) is 3.33. The smallest absolute Gasteiger partial charge is 0.186 e. The highest BCUT2D eigenvalue weighted by Gasteiger charge is 2.12. The Hall–Kier alpha value is -4.52. The third-order valence-corrected chi connectivity index (χ3v) is 4.97. The highest BCUT2D eigenvalue weighted by Crippen LogP contribution is 2.29. The number of aldehydes is 1. The van der Waals surface area contributed by atoms with E-state index in [2.05, 4.69) is 20.3 Å². The van der Waals surface area contributed by atoms with Gasteiger partial charge in [-0.2, -0.15) is 0 Å². The maximum atomic E-state index is 11.2. The zero-order valence-electron chi connectivity index (χ0n) is 16.9. The first kappa shape index (κ1) is 19.4. The van der Waals surface area contributed by atoms with Crippen molar-refractivity contribution in [3.63, 3.8) is 0 Å². The van der Waals surface area contributed by atoms with Crippen molar-refractivity contribution in [3.8, 4) is 17.0 Å². The lowest BCUT2D eigenvalue weighted by Gasteiger charge is -2.11. The Balaban J connectivity index is 1.37. The maximum Gasteiger partial charge on any atom is 0.186 e. The van der Waals surface area contributed by atoms with Crippen molar-refractivity contribution in [2.24, 2.45) is 0 Å². The van der Waals surface area contributed by atoms with E-state index in [0.29, 0.717) is 35.5 Å². The molecule has 7 nitrogen and oxygen atoms in total. The van der Waals surface area contributed by atoms with Crippen LogP contribution in [0.5, 0.6) is 5.75 Å². The summed E-state index contributed by atoms with van der Waals surface area (Å²) in [6.07, 6.45) is 5.27. The molecule has 32 heavy (non-hydrogen) atoms. The number of ether oxygens (including phenoxy) is 1. The first-order valence-electron chi connectivity index (χ1n) is 9.98. The summed E-state index contributed by atoms with van der Waals surface area (Å²) >= 11 is 0. The third-order valence-electron chi connectivity index (χ3n) is 4.97. The molecule has 0 aliphatic carbocycles. The molecule has 0 amide bonds. The Bertz CT molecular complexity index is 1370. The molecule has 3 aromatic heterocycles. The van der Waals surface area contributed by atoms with Crippen LogP contribution >= 0.6 is 0 Å². The van der Waals surface area contributed by atoms with Gasteiger partial charge in [-0.15, -0.1) is 0 Å². The zero-order valence-corrected chi connectivity index (χ0v) is 16.9. The predicted octanol–water partition coefficient (Wildman–Crippen LogP) is 5.42. The van der Waals surface area contributed by atoms with Gasteiger partial charge in [0.25, 0.3) is 0 Å². The van der Waals surface area contributed by atoms with E-state index in [0.717, 1.165) is 22.4 Å². The molecule has 0 bridgehead atoms. The van der Waals surface area contributed by atoms with Crippen molar-refractivity contribution in [1.82, 2.24) is 15.0 Å². The number of pyridine rings is 1. The highest BCUT2D eigenvalue weighted by molar-refractivity contribution is 5.94. The van der Waals surface area contributed by atoms with Gasteiger partial charge in [0, 0.05) is 16.6 Å². The zero-order chi connectivity index (χ0) is 21.8. The molecule has 5 aromatic rings. The van der Waals surface area contributed by atoms with Crippen LogP contribution in [0.25, 0.3) is 22.2 Å². The van der Waals surface area contributed by atoms with Crippen LogP contribution in [-0.4, -0.2) is 21.2 Å². The molecule has 3 heterocycles. The molecule has 0 spiro atoms. The monoisotopic (exact) mass is 422 g/mol. The van der Waals surface area contributed by atoms with Crippen molar-refractivity contribution in [2.45, 2.75) is 6.61 Å². The van der Waals surface area contributed by atoms with Crippen molar-refractivity contribution in [1.29, 1.82) is 0 Å². The summed E-state index contributed by atoms with van der Waals surface area (Å²) in [6, 6.07) is 21.2. The predicted molar refractivity (Wildman–Crippen MR) is 121 cm³/mol. The number of fused-ring (bicyclic) bond motifs is 1. The molecule has 2 aromatic carbocycles. The molecule has 0 aliphatic rings. The van der Waals surface area contributed by atoms with Gasteiger partial charge in [-0.25, -0.2) is 9.97 Å². The lowest BCUT2D eigenvalue weighted by Crippen LogP contribution is -1.98. The van der Waals surface area contributed by atoms with Gasteiger partial charge in [0.05, 0.1) is 23.7 Å². The Labute approximate surface area is 183 Å². The van der Waals surface area contributed by atoms with Crippen LogP contribution in [-0.2, 0) is 6.61 Å². The number of nitrogens with one attached hydrogen (secondary N) is 1. The molecule has 0 fully saturated rings. The second-order valence-electron chi connectivity index (χ2n) is 7.05. The van der Waals surface area contributed by atoms with Crippen LogP contribution in [0.4, 0.5) is 11.5 Å². The molecular weight excluding hydrogens is 404 g/mol. The molecule has 1 N–H and O–H groups in total. The number of hydrogen-bond acceptors (Lipinski definition) is 7. The van der Waals surface area contributed by atoms with Crippen molar-refractivity contribution >= 4 is 28.7 Å². The topological polar surface area (TPSA) is 90.1 Å². The van der Waals surface area contributed by atoms with E-state index in [9.17, 15) is 4.79 Å². The van der Waals surface area contributed by atoms with E-state index in [4.69, 9.17) is 9.15 Å². The van der Waals surface area contributed by atoms with E-state index in [1.54, 1.807) is 12.3 Å².